The predicted octanol–water partition coefficient (Wildman–Crippen LogP) is 2.01. The van der Waals surface area contributed by atoms with E-state index >= 15 is 0 Å². The Hall–Kier alpha value is -0.830. The van der Waals surface area contributed by atoms with Gasteiger partial charge >= 0.3 is 5.97 Å². The molecule has 0 heterocycles. The lowest BCUT2D eigenvalue weighted by Crippen LogP contribution is -2.50. The van der Waals surface area contributed by atoms with E-state index in [1.807, 2.05) is 20.8 Å². The van der Waals surface area contributed by atoms with Gasteiger partial charge in [-0.3, -0.25) is 0 Å². The van der Waals surface area contributed by atoms with Gasteiger partial charge in [-0.2, -0.15) is 0 Å². The molecule has 3 heteroatoms. The van der Waals surface area contributed by atoms with Crippen LogP contribution in [-0.4, -0.2) is 17.6 Å². The Morgan fingerprint density at radius 2 is 1.93 bits per heavy atom. The molecule has 0 amide bonds. The van der Waals surface area contributed by atoms with Crippen LogP contribution in [0.1, 0.15) is 40.5 Å². The van der Waals surface area contributed by atoms with Gasteiger partial charge < -0.3 is 10.5 Å². The van der Waals surface area contributed by atoms with E-state index in [2.05, 4.69) is 6.58 Å². The average Bonchev–Trinajstić information content (AvgIpc) is 2.16. The van der Waals surface area contributed by atoms with Crippen molar-refractivity contribution in [2.75, 3.05) is 0 Å². The molecule has 0 aromatic rings. The Kier molecular flexibility index (Phi) is 4.85. The standard InChI is InChI=1S/C11H21NO2/c1-6-11(12,7-2)9(5)14-10(13)8(3)4/h9H,3,6-7,12H2,1-2,4-5H3. The zero-order valence-corrected chi connectivity index (χ0v) is 9.59. The molecule has 0 aliphatic heterocycles. The van der Waals surface area contributed by atoms with Crippen molar-refractivity contribution in [1.82, 2.24) is 0 Å². The van der Waals surface area contributed by atoms with Crippen LogP contribution in [-0.2, 0) is 9.53 Å². The first-order valence-corrected chi connectivity index (χ1v) is 5.02. The van der Waals surface area contributed by atoms with Crippen LogP contribution in [0.15, 0.2) is 12.2 Å². The summed E-state index contributed by atoms with van der Waals surface area (Å²) in [5.41, 5.74) is 6.06. The molecule has 2 N–H and O–H groups in total. The number of rotatable bonds is 5. The number of ether oxygens (including phenoxy) is 1. The molecule has 1 unspecified atom stereocenters. The van der Waals surface area contributed by atoms with Gasteiger partial charge in [0.15, 0.2) is 0 Å². The highest BCUT2D eigenvalue weighted by atomic mass is 16.5. The van der Waals surface area contributed by atoms with Crippen LogP contribution in [0.5, 0.6) is 0 Å². The Labute approximate surface area is 86.3 Å². The van der Waals surface area contributed by atoms with Crippen molar-refractivity contribution in [3.8, 4) is 0 Å². The Morgan fingerprint density at radius 1 is 1.50 bits per heavy atom. The van der Waals surface area contributed by atoms with Crippen LogP contribution in [0.25, 0.3) is 0 Å². The highest BCUT2D eigenvalue weighted by Gasteiger charge is 2.31. The molecule has 0 radical (unpaired) electrons. The summed E-state index contributed by atoms with van der Waals surface area (Å²) in [6, 6.07) is 0. The zero-order chi connectivity index (χ0) is 11.4. The number of hydrogen-bond acceptors (Lipinski definition) is 3. The van der Waals surface area contributed by atoms with Crippen LogP contribution in [0, 0.1) is 0 Å². The van der Waals surface area contributed by atoms with Gasteiger partial charge in [0.05, 0.1) is 5.54 Å². The van der Waals surface area contributed by atoms with Crippen molar-refractivity contribution in [2.45, 2.75) is 52.2 Å². The van der Waals surface area contributed by atoms with Crippen LogP contribution >= 0.6 is 0 Å². The SMILES string of the molecule is C=C(C)C(=O)OC(C)C(N)(CC)CC. The number of esters is 1. The van der Waals surface area contributed by atoms with Crippen molar-refractivity contribution in [3.63, 3.8) is 0 Å². The quantitative estimate of drug-likeness (QED) is 0.544. The maximum absolute atomic E-state index is 11.3. The molecule has 0 aliphatic carbocycles. The third-order valence-corrected chi connectivity index (χ3v) is 2.76. The minimum absolute atomic E-state index is 0.276. The van der Waals surface area contributed by atoms with Gasteiger partial charge in [0.25, 0.3) is 0 Å². The van der Waals surface area contributed by atoms with Crippen molar-refractivity contribution >= 4 is 5.97 Å². The summed E-state index contributed by atoms with van der Waals surface area (Å²) in [4.78, 5) is 11.3. The van der Waals surface area contributed by atoms with Crippen molar-refractivity contribution in [3.05, 3.63) is 12.2 Å². The van der Waals surface area contributed by atoms with E-state index in [1.165, 1.54) is 0 Å². The minimum Gasteiger partial charge on any atom is -0.457 e. The molecule has 1 atom stereocenters. The predicted molar refractivity (Wildman–Crippen MR) is 57.9 cm³/mol. The lowest BCUT2D eigenvalue weighted by atomic mass is 9.88. The van der Waals surface area contributed by atoms with Gasteiger partial charge in [-0.1, -0.05) is 20.4 Å². The Bertz CT molecular complexity index is 219. The molecule has 0 rings (SSSR count). The fraction of sp³-hybridized carbons (Fsp3) is 0.727. The van der Waals surface area contributed by atoms with Crippen LogP contribution in [0.4, 0.5) is 0 Å². The lowest BCUT2D eigenvalue weighted by molar-refractivity contribution is -0.146. The molecule has 0 fully saturated rings. The third kappa shape index (κ3) is 3.14. The fourth-order valence-electron chi connectivity index (χ4n) is 1.20. The molecular formula is C11H21NO2. The van der Waals surface area contributed by atoms with Gasteiger partial charge in [-0.25, -0.2) is 4.79 Å². The number of carbonyl (C=O) groups excluding carboxylic acids is 1. The lowest BCUT2D eigenvalue weighted by Gasteiger charge is -2.32. The second-order valence-corrected chi connectivity index (χ2v) is 3.77. The van der Waals surface area contributed by atoms with Crippen molar-refractivity contribution < 1.29 is 9.53 Å². The van der Waals surface area contributed by atoms with Gasteiger partial charge in [-0.05, 0) is 26.7 Å². The summed E-state index contributed by atoms with van der Waals surface area (Å²) in [6.07, 6.45) is 1.30. The van der Waals surface area contributed by atoms with Gasteiger partial charge in [-0.15, -0.1) is 0 Å². The molecule has 0 saturated carbocycles. The third-order valence-electron chi connectivity index (χ3n) is 2.76. The molecule has 0 saturated heterocycles. The first-order chi connectivity index (χ1) is 6.37. The van der Waals surface area contributed by atoms with Gasteiger partial charge in [0.1, 0.15) is 6.10 Å². The number of carbonyl (C=O) groups is 1. The maximum Gasteiger partial charge on any atom is 0.333 e. The van der Waals surface area contributed by atoms with Crippen LogP contribution < -0.4 is 5.73 Å². The molecule has 0 bridgehead atoms. The summed E-state index contributed by atoms with van der Waals surface area (Å²) in [6.45, 7) is 11.0. The van der Waals surface area contributed by atoms with Crippen molar-refractivity contribution in [1.29, 1.82) is 0 Å². The monoisotopic (exact) mass is 199 g/mol. The second-order valence-electron chi connectivity index (χ2n) is 3.77. The fourth-order valence-corrected chi connectivity index (χ4v) is 1.20. The zero-order valence-electron chi connectivity index (χ0n) is 9.59. The average molecular weight is 199 g/mol. The first-order valence-electron chi connectivity index (χ1n) is 5.02. The summed E-state index contributed by atoms with van der Waals surface area (Å²) in [5.74, 6) is -0.366. The minimum atomic E-state index is -0.425. The maximum atomic E-state index is 11.3. The van der Waals surface area contributed by atoms with E-state index in [9.17, 15) is 4.79 Å². The van der Waals surface area contributed by atoms with E-state index in [4.69, 9.17) is 10.5 Å². The van der Waals surface area contributed by atoms with E-state index in [1.54, 1.807) is 6.92 Å². The molecule has 0 aliphatic rings. The van der Waals surface area contributed by atoms with Gasteiger partial charge in [0, 0.05) is 5.57 Å². The topological polar surface area (TPSA) is 52.3 Å². The molecule has 0 spiro atoms. The van der Waals surface area contributed by atoms with Crippen LogP contribution in [0.2, 0.25) is 0 Å². The molecule has 3 nitrogen and oxygen atoms in total. The van der Waals surface area contributed by atoms with Crippen molar-refractivity contribution in [2.24, 2.45) is 5.73 Å². The van der Waals surface area contributed by atoms with E-state index in [-0.39, 0.29) is 12.1 Å². The highest BCUT2D eigenvalue weighted by Crippen LogP contribution is 2.19. The summed E-state index contributed by atoms with van der Waals surface area (Å²) < 4.78 is 5.20. The van der Waals surface area contributed by atoms with E-state index < -0.39 is 5.54 Å². The van der Waals surface area contributed by atoms with E-state index in [0.717, 1.165) is 12.8 Å². The highest BCUT2D eigenvalue weighted by molar-refractivity contribution is 5.87. The summed E-state index contributed by atoms with van der Waals surface area (Å²) in [7, 11) is 0. The molecule has 0 aromatic heterocycles. The number of nitrogens with two attached hydrogens (primary N) is 1. The molecular weight excluding hydrogens is 178 g/mol. The largest absolute Gasteiger partial charge is 0.457 e. The second kappa shape index (κ2) is 5.15. The summed E-state index contributed by atoms with van der Waals surface area (Å²) in [5, 5.41) is 0. The molecule has 14 heavy (non-hydrogen) atoms. The van der Waals surface area contributed by atoms with Gasteiger partial charge in [0.2, 0.25) is 0 Å². The number of hydrogen-bond donors (Lipinski definition) is 1. The molecule has 0 aromatic carbocycles. The Balaban J connectivity index is 4.39. The normalized spacial score (nSPS) is 13.5. The van der Waals surface area contributed by atoms with E-state index in [0.29, 0.717) is 5.57 Å². The smallest absolute Gasteiger partial charge is 0.333 e. The van der Waals surface area contributed by atoms with Crippen LogP contribution in [0.3, 0.4) is 0 Å². The molecule has 82 valence electrons. The summed E-state index contributed by atoms with van der Waals surface area (Å²) >= 11 is 0. The first kappa shape index (κ1) is 13.2. The Morgan fingerprint density at radius 3 is 2.21 bits per heavy atom.